The first kappa shape index (κ1) is 17.7. The van der Waals surface area contributed by atoms with E-state index in [4.69, 9.17) is 5.73 Å². The molecule has 0 aliphatic heterocycles. The van der Waals surface area contributed by atoms with Gasteiger partial charge in [-0.15, -0.1) is 0 Å². The van der Waals surface area contributed by atoms with Crippen LogP contribution < -0.4 is 5.73 Å². The van der Waals surface area contributed by atoms with Gasteiger partial charge in [-0.05, 0) is 24.6 Å². The summed E-state index contributed by atoms with van der Waals surface area (Å²) in [4.78, 5) is 0. The molecule has 2 unspecified atom stereocenters. The summed E-state index contributed by atoms with van der Waals surface area (Å²) >= 11 is 0. The average molecular weight is 319 g/mol. The average Bonchev–Trinajstić information content (AvgIpc) is 2.27. The lowest BCUT2D eigenvalue weighted by Gasteiger charge is -2.30. The largest absolute Gasteiger partial charge is 0.423 e. The van der Waals surface area contributed by atoms with Crippen LogP contribution in [0.5, 0.6) is 0 Å². The Balaban J connectivity index is 3.09. The second kappa shape index (κ2) is 6.18. The SMILES string of the molecule is CC(N)C(OC(C(F)(F)F)C(F)(F)F)c1ccc(F)cc1. The van der Waals surface area contributed by atoms with Gasteiger partial charge in [0.05, 0.1) is 6.10 Å². The molecule has 2 nitrogen and oxygen atoms in total. The Morgan fingerprint density at radius 1 is 0.952 bits per heavy atom. The minimum Gasteiger partial charge on any atom is -0.351 e. The number of halogens is 7. The molecule has 9 heteroatoms. The van der Waals surface area contributed by atoms with E-state index in [-0.39, 0.29) is 5.56 Å². The second-order valence-electron chi connectivity index (χ2n) is 4.43. The van der Waals surface area contributed by atoms with Gasteiger partial charge < -0.3 is 10.5 Å². The maximum atomic E-state index is 12.8. The molecule has 2 atom stereocenters. The molecule has 2 N–H and O–H groups in total. The highest BCUT2D eigenvalue weighted by Gasteiger charge is 2.59. The van der Waals surface area contributed by atoms with E-state index in [2.05, 4.69) is 4.74 Å². The zero-order valence-electron chi connectivity index (χ0n) is 10.7. The lowest BCUT2D eigenvalue weighted by molar-refractivity contribution is -0.333. The zero-order valence-corrected chi connectivity index (χ0v) is 10.7. The summed E-state index contributed by atoms with van der Waals surface area (Å²) in [6, 6.07) is 2.66. The van der Waals surface area contributed by atoms with E-state index in [0.717, 1.165) is 24.3 Å². The van der Waals surface area contributed by atoms with E-state index in [1.807, 2.05) is 0 Å². The van der Waals surface area contributed by atoms with Crippen LogP contribution in [0.3, 0.4) is 0 Å². The molecule has 0 radical (unpaired) electrons. The van der Waals surface area contributed by atoms with E-state index in [1.54, 1.807) is 0 Å². The molecule has 1 rings (SSSR count). The molecule has 1 aromatic rings. The van der Waals surface area contributed by atoms with Crippen LogP contribution in [-0.2, 0) is 4.74 Å². The van der Waals surface area contributed by atoms with E-state index in [9.17, 15) is 30.7 Å². The van der Waals surface area contributed by atoms with Gasteiger partial charge in [0.1, 0.15) is 5.82 Å². The molecular formula is C12H12F7NO. The fourth-order valence-electron chi connectivity index (χ4n) is 1.65. The Labute approximate surface area is 115 Å². The summed E-state index contributed by atoms with van der Waals surface area (Å²) in [5, 5.41) is 0. The molecule has 0 saturated carbocycles. The number of nitrogens with two attached hydrogens (primary N) is 1. The van der Waals surface area contributed by atoms with Crippen LogP contribution in [0.1, 0.15) is 18.6 Å². The molecule has 0 fully saturated rings. The Morgan fingerprint density at radius 2 is 1.38 bits per heavy atom. The monoisotopic (exact) mass is 319 g/mol. The van der Waals surface area contributed by atoms with E-state index < -0.39 is 36.4 Å². The molecule has 0 amide bonds. The van der Waals surface area contributed by atoms with Crippen molar-refractivity contribution in [2.24, 2.45) is 5.73 Å². The van der Waals surface area contributed by atoms with Crippen molar-refractivity contribution in [3.05, 3.63) is 35.6 Å². The maximum absolute atomic E-state index is 12.8. The van der Waals surface area contributed by atoms with Crippen LogP contribution >= 0.6 is 0 Å². The van der Waals surface area contributed by atoms with Crippen LogP contribution in [0.15, 0.2) is 24.3 Å². The van der Waals surface area contributed by atoms with Gasteiger partial charge in [-0.1, -0.05) is 12.1 Å². The topological polar surface area (TPSA) is 35.2 Å². The lowest BCUT2D eigenvalue weighted by Crippen LogP contribution is -2.47. The van der Waals surface area contributed by atoms with Gasteiger partial charge in [-0.25, -0.2) is 4.39 Å². The van der Waals surface area contributed by atoms with E-state index in [0.29, 0.717) is 0 Å². The Morgan fingerprint density at radius 3 is 1.71 bits per heavy atom. The van der Waals surface area contributed by atoms with Crippen LogP contribution in [0.2, 0.25) is 0 Å². The summed E-state index contributed by atoms with van der Waals surface area (Å²) in [6.07, 6.45) is -16.9. The highest BCUT2D eigenvalue weighted by atomic mass is 19.4. The number of hydrogen-bond acceptors (Lipinski definition) is 2. The third kappa shape index (κ3) is 4.85. The minimum absolute atomic E-state index is 0.0788. The molecule has 21 heavy (non-hydrogen) atoms. The predicted octanol–water partition coefficient (Wildman–Crippen LogP) is 3.72. The highest BCUT2D eigenvalue weighted by molar-refractivity contribution is 5.20. The van der Waals surface area contributed by atoms with Gasteiger partial charge in [0.15, 0.2) is 0 Å². The number of hydrogen-bond donors (Lipinski definition) is 1. The first-order valence-electron chi connectivity index (χ1n) is 5.73. The first-order valence-corrected chi connectivity index (χ1v) is 5.73. The summed E-state index contributed by atoms with van der Waals surface area (Å²) in [6.45, 7) is 1.19. The van der Waals surface area contributed by atoms with Gasteiger partial charge in [0.25, 0.3) is 0 Å². The molecule has 1 aromatic carbocycles. The molecule has 0 aromatic heterocycles. The normalized spacial score (nSPS) is 16.1. The smallest absolute Gasteiger partial charge is 0.351 e. The van der Waals surface area contributed by atoms with Crippen LogP contribution in [0.25, 0.3) is 0 Å². The molecule has 0 aliphatic carbocycles. The van der Waals surface area contributed by atoms with Gasteiger partial charge in [0.2, 0.25) is 6.10 Å². The fraction of sp³-hybridized carbons (Fsp3) is 0.500. The van der Waals surface area contributed by atoms with Crippen molar-refractivity contribution in [1.29, 1.82) is 0 Å². The molecule has 120 valence electrons. The number of rotatable bonds is 4. The maximum Gasteiger partial charge on any atom is 0.423 e. The van der Waals surface area contributed by atoms with Crippen molar-refractivity contribution >= 4 is 0 Å². The Hall–Kier alpha value is -1.35. The highest BCUT2D eigenvalue weighted by Crippen LogP contribution is 2.39. The minimum atomic E-state index is -5.63. The fourth-order valence-corrected chi connectivity index (χ4v) is 1.65. The predicted molar refractivity (Wildman–Crippen MR) is 59.8 cm³/mol. The van der Waals surface area contributed by atoms with Crippen molar-refractivity contribution in [3.63, 3.8) is 0 Å². The van der Waals surface area contributed by atoms with Crippen LogP contribution in [0.4, 0.5) is 30.7 Å². The standard InChI is InChI=1S/C12H12F7NO/c1-6(20)9(7-2-4-8(13)5-3-7)21-10(11(14,15)16)12(17,18)19/h2-6,9-10H,20H2,1H3. The van der Waals surface area contributed by atoms with Crippen molar-refractivity contribution < 1.29 is 35.5 Å². The molecule has 0 saturated heterocycles. The van der Waals surface area contributed by atoms with Crippen molar-refractivity contribution in [1.82, 2.24) is 0 Å². The number of alkyl halides is 6. The van der Waals surface area contributed by atoms with Crippen LogP contribution in [-0.4, -0.2) is 24.5 Å². The molecule has 0 heterocycles. The van der Waals surface area contributed by atoms with Crippen LogP contribution in [0, 0.1) is 5.82 Å². The van der Waals surface area contributed by atoms with Gasteiger partial charge in [-0.2, -0.15) is 26.3 Å². The van der Waals surface area contributed by atoms with Gasteiger partial charge >= 0.3 is 12.4 Å². The first-order chi connectivity index (χ1) is 9.43. The Kier molecular flexibility index (Phi) is 5.21. The summed E-state index contributed by atoms with van der Waals surface area (Å²) in [7, 11) is 0. The Bertz CT molecular complexity index is 438. The molecule has 0 spiro atoms. The number of benzene rings is 1. The van der Waals surface area contributed by atoms with E-state index in [1.165, 1.54) is 6.92 Å². The second-order valence-corrected chi connectivity index (χ2v) is 4.43. The van der Waals surface area contributed by atoms with E-state index >= 15 is 0 Å². The summed E-state index contributed by atoms with van der Waals surface area (Å²) in [5.41, 5.74) is 5.31. The summed E-state index contributed by atoms with van der Waals surface area (Å²) in [5.74, 6) is -0.689. The van der Waals surface area contributed by atoms with Gasteiger partial charge in [0, 0.05) is 6.04 Å². The van der Waals surface area contributed by atoms with Crippen molar-refractivity contribution in [2.75, 3.05) is 0 Å². The molecule has 0 aliphatic rings. The third-order valence-corrected chi connectivity index (χ3v) is 2.55. The zero-order chi connectivity index (χ0) is 16.4. The summed E-state index contributed by atoms with van der Waals surface area (Å²) < 4.78 is 91.8. The number of ether oxygens (including phenoxy) is 1. The molecular weight excluding hydrogens is 307 g/mol. The van der Waals surface area contributed by atoms with Gasteiger partial charge in [-0.3, -0.25) is 0 Å². The van der Waals surface area contributed by atoms with Crippen molar-refractivity contribution in [3.8, 4) is 0 Å². The lowest BCUT2D eigenvalue weighted by atomic mass is 10.0. The van der Waals surface area contributed by atoms with Crippen molar-refractivity contribution in [2.45, 2.75) is 37.5 Å². The quantitative estimate of drug-likeness (QED) is 0.859. The molecule has 0 bridgehead atoms. The third-order valence-electron chi connectivity index (χ3n) is 2.55.